The van der Waals surface area contributed by atoms with Gasteiger partial charge in [-0.15, -0.1) is 10.2 Å². The van der Waals surface area contributed by atoms with Crippen molar-refractivity contribution in [3.8, 4) is 0 Å². The van der Waals surface area contributed by atoms with Crippen molar-refractivity contribution in [2.24, 2.45) is 5.92 Å². The van der Waals surface area contributed by atoms with Crippen LogP contribution in [-0.2, 0) is 26.4 Å². The van der Waals surface area contributed by atoms with Crippen molar-refractivity contribution in [3.05, 3.63) is 77.4 Å². The zero-order chi connectivity index (χ0) is 35.8. The van der Waals surface area contributed by atoms with Gasteiger partial charge in [-0.05, 0) is 54.9 Å². The van der Waals surface area contributed by atoms with Gasteiger partial charge in [-0.2, -0.15) is 0 Å². The van der Waals surface area contributed by atoms with Crippen molar-refractivity contribution in [1.29, 1.82) is 0 Å². The van der Waals surface area contributed by atoms with E-state index >= 15 is 0 Å². The van der Waals surface area contributed by atoms with Gasteiger partial charge in [-0.3, -0.25) is 4.79 Å². The van der Waals surface area contributed by atoms with E-state index < -0.39 is 21.4 Å². The predicted molar refractivity (Wildman–Crippen MR) is 201 cm³/mol. The van der Waals surface area contributed by atoms with Crippen LogP contribution in [0.25, 0.3) is 6.08 Å². The fourth-order valence-corrected chi connectivity index (χ4v) is 7.54. The Morgan fingerprint density at radius 3 is 1.77 bits per heavy atom. The van der Waals surface area contributed by atoms with Gasteiger partial charge in [-0.25, -0.2) is 8.42 Å². The van der Waals surface area contributed by atoms with Gasteiger partial charge >= 0.3 is 0 Å². The Balaban J connectivity index is 0.000000466. The number of nitrogens with one attached hydrogen (secondary N) is 1. The lowest BCUT2D eigenvalue weighted by atomic mass is 9.98. The molecule has 0 saturated heterocycles. The van der Waals surface area contributed by atoms with Crippen LogP contribution in [0, 0.1) is 5.92 Å². The van der Waals surface area contributed by atoms with Crippen molar-refractivity contribution < 1.29 is 22.2 Å². The second kappa shape index (κ2) is 20.3. The van der Waals surface area contributed by atoms with Crippen molar-refractivity contribution in [2.75, 3.05) is 33.9 Å². The molecule has 0 spiro atoms. The molecule has 3 rings (SSSR count). The number of amides is 1. The van der Waals surface area contributed by atoms with Crippen molar-refractivity contribution in [3.63, 3.8) is 0 Å². The molecule has 262 valence electrons. The van der Waals surface area contributed by atoms with E-state index in [4.69, 9.17) is 0 Å². The predicted octanol–water partition coefficient (Wildman–Crippen LogP) is 8.07. The molecule has 3 aromatic rings. The molecule has 0 fully saturated rings. The smallest absolute Gasteiger partial charge is 0.223 e. The van der Waals surface area contributed by atoms with Gasteiger partial charge < -0.3 is 14.4 Å². The van der Waals surface area contributed by atoms with Crippen LogP contribution in [0.5, 0.6) is 0 Å². The molecule has 0 aliphatic rings. The number of quaternary nitrogens is 1. The molecular formula is C35H54N4O4S4. The Morgan fingerprint density at radius 1 is 0.936 bits per heavy atom. The largest absolute Gasteiger partial charge is 0.748 e. The molecule has 2 aromatic carbocycles. The number of hydrogen-bond donors (Lipinski definition) is 1. The third kappa shape index (κ3) is 20.0. The van der Waals surface area contributed by atoms with E-state index in [0.29, 0.717) is 12.3 Å². The van der Waals surface area contributed by atoms with E-state index in [1.165, 1.54) is 37.0 Å². The van der Waals surface area contributed by atoms with Crippen LogP contribution in [0.4, 0.5) is 0 Å². The lowest BCUT2D eigenvalue weighted by molar-refractivity contribution is -0.849. The fraction of sp³-hybridized carbons (Fsp3) is 0.514. The average molecular weight is 723 g/mol. The zero-order valence-corrected chi connectivity index (χ0v) is 33.0. The minimum atomic E-state index is -4.32. The Morgan fingerprint density at radius 2 is 1.38 bits per heavy atom. The van der Waals surface area contributed by atoms with E-state index in [0.717, 1.165) is 30.2 Å². The number of rotatable bonds is 14. The first kappa shape index (κ1) is 42.8. The quantitative estimate of drug-likeness (QED) is 0.101. The van der Waals surface area contributed by atoms with Crippen molar-refractivity contribution in [2.45, 2.75) is 86.0 Å². The second-order valence-corrected chi connectivity index (χ2v) is 18.3. The summed E-state index contributed by atoms with van der Waals surface area (Å²) in [6.45, 7) is 14.9. The molecule has 12 heteroatoms. The van der Waals surface area contributed by atoms with Gasteiger partial charge in [0.05, 0.1) is 44.1 Å². The highest BCUT2D eigenvalue weighted by Crippen LogP contribution is 2.32. The summed E-state index contributed by atoms with van der Waals surface area (Å²) in [5.74, 6) is 1.46. The summed E-state index contributed by atoms with van der Waals surface area (Å²) in [5.41, 5.74) is 4.17. The van der Waals surface area contributed by atoms with Crippen LogP contribution >= 0.6 is 34.9 Å². The third-order valence-corrected chi connectivity index (χ3v) is 11.0. The Labute approximate surface area is 296 Å². The molecule has 8 nitrogen and oxygen atoms in total. The fourth-order valence-electron chi connectivity index (χ4n) is 3.65. The number of hydrogen-bond acceptors (Lipinski definition) is 9. The van der Waals surface area contributed by atoms with Crippen LogP contribution in [0.3, 0.4) is 0 Å². The Bertz CT molecular complexity index is 1460. The minimum absolute atomic E-state index is 0.182. The maximum atomic E-state index is 11.5. The summed E-state index contributed by atoms with van der Waals surface area (Å²) in [5, 5.41) is 11.2. The number of nitrogens with zero attached hydrogens (tertiary/aromatic N) is 3. The standard InChI is InChI=1S/C22H24N2S3.C9H19NO4S.C4H12N/c1-4-16(3)20-12-10-19(11-13-20)15-26-22-24-23-21(27-22)25-14-18-8-6-17(5-2)7-9-18;1-5-7(2)8(11)10-9(3,4)6-15(12,13)14;1-5(2,3)4/h5-13,16H,2,4,14-15H2,1,3H3;7H,5-6H2,1-4H3,(H,10,11)(H,12,13,14);1-4H3/q;;+1/p-1. The highest BCUT2D eigenvalue weighted by Gasteiger charge is 2.25. The van der Waals surface area contributed by atoms with E-state index in [9.17, 15) is 17.8 Å². The first-order valence-electron chi connectivity index (χ1n) is 15.7. The number of carbonyl (C=O) groups excluding carboxylic acids is 1. The summed E-state index contributed by atoms with van der Waals surface area (Å²) in [7, 11) is 4.18. The number of thioether (sulfide) groups is 2. The first-order chi connectivity index (χ1) is 21.7. The van der Waals surface area contributed by atoms with Crippen LogP contribution in [0.15, 0.2) is 63.8 Å². The maximum Gasteiger partial charge on any atom is 0.223 e. The van der Waals surface area contributed by atoms with E-state index in [1.807, 2.05) is 13.0 Å². The highest BCUT2D eigenvalue weighted by atomic mass is 32.2. The zero-order valence-electron chi connectivity index (χ0n) is 29.7. The van der Waals surface area contributed by atoms with Gasteiger partial charge in [0.25, 0.3) is 0 Å². The molecule has 1 amide bonds. The molecule has 0 radical (unpaired) electrons. The third-order valence-electron chi connectivity index (χ3n) is 6.55. The molecule has 0 bridgehead atoms. The normalized spacial score (nSPS) is 12.9. The van der Waals surface area contributed by atoms with Crippen molar-refractivity contribution >= 4 is 57.0 Å². The van der Waals surface area contributed by atoms with Crippen molar-refractivity contribution in [1.82, 2.24) is 15.5 Å². The number of aromatic nitrogens is 2. The average Bonchev–Trinajstić information content (AvgIpc) is 3.44. The Kier molecular flexibility index (Phi) is 18.5. The summed E-state index contributed by atoms with van der Waals surface area (Å²) < 4.78 is 34.7. The summed E-state index contributed by atoms with van der Waals surface area (Å²) in [4.78, 5) is 11.5. The molecular weight excluding hydrogens is 669 g/mol. The highest BCUT2D eigenvalue weighted by molar-refractivity contribution is 8.02. The topological polar surface area (TPSA) is 112 Å². The van der Waals surface area contributed by atoms with Gasteiger partial charge in [0.2, 0.25) is 5.91 Å². The SMILES string of the molecule is C=Cc1ccc(CSc2nnc(SCc3ccc(C(C)CC)cc3)s2)cc1.CCC(C)C(=O)NC(C)(C)CS(=O)(=O)[O-].C[N+](C)(C)C. The molecule has 0 aliphatic heterocycles. The van der Waals surface area contributed by atoms with E-state index in [-0.39, 0.29) is 11.8 Å². The Hall–Kier alpha value is -2.22. The maximum absolute atomic E-state index is 11.5. The molecule has 1 heterocycles. The summed E-state index contributed by atoms with van der Waals surface area (Å²) in [6, 6.07) is 17.4. The first-order valence-corrected chi connectivity index (χ1v) is 20.1. The summed E-state index contributed by atoms with van der Waals surface area (Å²) >= 11 is 5.18. The lowest BCUT2D eigenvalue weighted by Gasteiger charge is -2.28. The van der Waals surface area contributed by atoms with Crippen LogP contribution < -0.4 is 5.32 Å². The molecule has 0 saturated carbocycles. The van der Waals surface area contributed by atoms with Crippen LogP contribution in [0.2, 0.25) is 0 Å². The molecule has 47 heavy (non-hydrogen) atoms. The van der Waals surface area contributed by atoms with E-state index in [2.05, 4.69) is 113 Å². The second-order valence-electron chi connectivity index (χ2n) is 13.5. The monoisotopic (exact) mass is 722 g/mol. The number of carbonyl (C=O) groups is 1. The molecule has 2 atom stereocenters. The van der Waals surface area contributed by atoms with Crippen LogP contribution in [0.1, 0.15) is 82.6 Å². The van der Waals surface area contributed by atoms with Gasteiger partial charge in [0.1, 0.15) is 0 Å². The number of benzene rings is 2. The van der Waals surface area contributed by atoms with E-state index in [1.54, 1.807) is 41.8 Å². The molecule has 0 aliphatic carbocycles. The molecule has 1 N–H and O–H groups in total. The lowest BCUT2D eigenvalue weighted by Crippen LogP contribution is -2.49. The van der Waals surface area contributed by atoms with Gasteiger partial charge in [0, 0.05) is 23.0 Å². The van der Waals surface area contributed by atoms with Gasteiger partial charge in [0.15, 0.2) is 8.68 Å². The van der Waals surface area contributed by atoms with Gasteiger partial charge in [-0.1, -0.05) is 124 Å². The van der Waals surface area contributed by atoms with Crippen LogP contribution in [-0.4, -0.2) is 73.0 Å². The molecule has 1 aromatic heterocycles. The summed E-state index contributed by atoms with van der Waals surface area (Å²) in [6.07, 6.45) is 3.72. The molecule has 2 unspecified atom stereocenters. The minimum Gasteiger partial charge on any atom is -0.748 e.